The molecule has 5 nitrogen and oxygen atoms in total. The Morgan fingerprint density at radius 2 is 1.77 bits per heavy atom. The number of fused-ring (bicyclic) bond motifs is 1. The van der Waals surface area contributed by atoms with Crippen LogP contribution in [0.4, 0.5) is 0 Å². The molecule has 0 unspecified atom stereocenters. The van der Waals surface area contributed by atoms with Crippen LogP contribution in [0, 0.1) is 0 Å². The number of Topliss-reactive ketones (excluding diaryl/α,β-unsaturated/α-hetero) is 1. The van der Waals surface area contributed by atoms with Crippen LogP contribution in [-0.2, 0) is 0 Å². The van der Waals surface area contributed by atoms with Gasteiger partial charge in [0, 0.05) is 0 Å². The molecule has 2 aromatic carbocycles. The van der Waals surface area contributed by atoms with Crippen molar-refractivity contribution in [3.63, 3.8) is 0 Å². The Morgan fingerprint density at radius 3 is 2.55 bits per heavy atom. The van der Waals surface area contributed by atoms with Crippen molar-refractivity contribution in [1.29, 1.82) is 0 Å². The summed E-state index contributed by atoms with van der Waals surface area (Å²) in [5, 5.41) is 4.14. The van der Waals surface area contributed by atoms with Crippen molar-refractivity contribution in [1.82, 2.24) is 14.8 Å². The smallest absolute Gasteiger partial charge is 0.195 e. The van der Waals surface area contributed by atoms with E-state index in [4.69, 9.17) is 4.74 Å². The third kappa shape index (κ3) is 1.98. The second-order valence-electron chi connectivity index (χ2n) is 5.13. The minimum absolute atomic E-state index is 0.0128. The molecule has 1 aliphatic heterocycles. The normalized spacial score (nSPS) is 20.3. The SMILES string of the molecule is O=C1c2ccccc2O[C@@H](c2ccccc2)[C@@H]1n1cncn1. The molecule has 5 heteroatoms. The lowest BCUT2D eigenvalue weighted by Gasteiger charge is -2.32. The van der Waals surface area contributed by atoms with Gasteiger partial charge in [-0.1, -0.05) is 42.5 Å². The molecule has 0 saturated heterocycles. The number of hydrogen-bond acceptors (Lipinski definition) is 4. The van der Waals surface area contributed by atoms with Gasteiger partial charge in [0.2, 0.25) is 0 Å². The van der Waals surface area contributed by atoms with Crippen LogP contribution in [0.1, 0.15) is 28.1 Å². The number of nitrogens with zero attached hydrogens (tertiary/aromatic N) is 3. The predicted molar refractivity (Wildman–Crippen MR) is 79.6 cm³/mol. The van der Waals surface area contributed by atoms with Crippen molar-refractivity contribution in [2.75, 3.05) is 0 Å². The zero-order valence-corrected chi connectivity index (χ0v) is 11.7. The van der Waals surface area contributed by atoms with Gasteiger partial charge in [-0.3, -0.25) is 4.79 Å². The third-order valence-electron chi connectivity index (χ3n) is 3.81. The van der Waals surface area contributed by atoms with Gasteiger partial charge < -0.3 is 4.74 Å². The molecule has 108 valence electrons. The first-order chi connectivity index (χ1) is 10.8. The maximum Gasteiger partial charge on any atom is 0.195 e. The average Bonchev–Trinajstić information content (AvgIpc) is 3.10. The van der Waals surface area contributed by atoms with E-state index in [9.17, 15) is 4.79 Å². The number of ketones is 1. The molecule has 0 fully saturated rings. The van der Waals surface area contributed by atoms with Crippen molar-refractivity contribution in [2.24, 2.45) is 0 Å². The molecule has 1 aromatic heterocycles. The zero-order chi connectivity index (χ0) is 14.9. The van der Waals surface area contributed by atoms with Gasteiger partial charge in [-0.25, -0.2) is 9.67 Å². The lowest BCUT2D eigenvalue weighted by Crippen LogP contribution is -2.34. The second-order valence-corrected chi connectivity index (χ2v) is 5.13. The Kier molecular flexibility index (Phi) is 2.96. The molecule has 0 radical (unpaired) electrons. The summed E-state index contributed by atoms with van der Waals surface area (Å²) in [4.78, 5) is 16.9. The van der Waals surface area contributed by atoms with Gasteiger partial charge in [-0.05, 0) is 17.7 Å². The summed E-state index contributed by atoms with van der Waals surface area (Å²) in [6.07, 6.45) is 2.55. The van der Waals surface area contributed by atoms with Gasteiger partial charge in [0.05, 0.1) is 5.56 Å². The van der Waals surface area contributed by atoms with E-state index in [0.29, 0.717) is 11.3 Å². The maximum atomic E-state index is 12.9. The molecule has 0 saturated carbocycles. The van der Waals surface area contributed by atoms with Crippen molar-refractivity contribution in [3.05, 3.63) is 78.4 Å². The number of carbonyl (C=O) groups excluding carboxylic acids is 1. The summed E-state index contributed by atoms with van der Waals surface area (Å²) < 4.78 is 7.68. The fourth-order valence-corrected chi connectivity index (χ4v) is 2.78. The first-order valence-electron chi connectivity index (χ1n) is 7.03. The summed E-state index contributed by atoms with van der Waals surface area (Å²) in [6, 6.07) is 16.5. The average molecular weight is 291 g/mol. The molecule has 0 amide bonds. The van der Waals surface area contributed by atoms with Crippen LogP contribution in [0.3, 0.4) is 0 Å². The molecule has 2 heterocycles. The summed E-state index contributed by atoms with van der Waals surface area (Å²) in [5.74, 6) is 0.596. The Morgan fingerprint density at radius 1 is 1.00 bits per heavy atom. The highest BCUT2D eigenvalue weighted by atomic mass is 16.5. The van der Waals surface area contributed by atoms with Crippen LogP contribution in [0.15, 0.2) is 67.3 Å². The number of benzene rings is 2. The van der Waals surface area contributed by atoms with Crippen LogP contribution in [-0.4, -0.2) is 20.5 Å². The van der Waals surface area contributed by atoms with Crippen LogP contribution in [0.25, 0.3) is 0 Å². The first kappa shape index (κ1) is 12.8. The minimum Gasteiger partial charge on any atom is -0.482 e. The highest BCUT2D eigenvalue weighted by Crippen LogP contribution is 2.40. The molecule has 0 spiro atoms. The van der Waals surface area contributed by atoms with E-state index in [1.165, 1.54) is 6.33 Å². The van der Waals surface area contributed by atoms with E-state index < -0.39 is 12.1 Å². The van der Waals surface area contributed by atoms with Crippen LogP contribution < -0.4 is 4.74 Å². The monoisotopic (exact) mass is 291 g/mol. The van der Waals surface area contributed by atoms with Gasteiger partial charge in [0.1, 0.15) is 18.4 Å². The number of ether oxygens (including phenoxy) is 1. The fraction of sp³-hybridized carbons (Fsp3) is 0.118. The van der Waals surface area contributed by atoms with E-state index in [-0.39, 0.29) is 5.78 Å². The molecule has 0 bridgehead atoms. The fourth-order valence-electron chi connectivity index (χ4n) is 2.78. The lowest BCUT2D eigenvalue weighted by molar-refractivity contribution is 0.0653. The number of rotatable bonds is 2. The summed E-state index contributed by atoms with van der Waals surface area (Å²) in [7, 11) is 0. The number of carbonyl (C=O) groups is 1. The first-order valence-corrected chi connectivity index (χ1v) is 7.03. The maximum absolute atomic E-state index is 12.9. The van der Waals surface area contributed by atoms with Gasteiger partial charge in [-0.2, -0.15) is 5.10 Å². The Hall–Kier alpha value is -2.95. The van der Waals surface area contributed by atoms with E-state index >= 15 is 0 Å². The highest BCUT2D eigenvalue weighted by molar-refractivity contribution is 6.02. The number of aromatic nitrogens is 3. The van der Waals surface area contributed by atoms with Crippen LogP contribution >= 0.6 is 0 Å². The molecule has 0 N–H and O–H groups in total. The molecule has 2 atom stereocenters. The van der Waals surface area contributed by atoms with Gasteiger partial charge in [-0.15, -0.1) is 0 Å². The summed E-state index contributed by atoms with van der Waals surface area (Å²) in [5.41, 5.74) is 1.51. The van der Waals surface area contributed by atoms with Gasteiger partial charge in [0.25, 0.3) is 0 Å². The quantitative estimate of drug-likeness (QED) is 0.728. The number of para-hydroxylation sites is 1. The Labute approximate surface area is 127 Å². The Balaban J connectivity index is 1.86. The van der Waals surface area contributed by atoms with E-state index in [2.05, 4.69) is 10.1 Å². The van der Waals surface area contributed by atoms with Crippen molar-refractivity contribution in [3.8, 4) is 5.75 Å². The molecule has 4 rings (SSSR count). The lowest BCUT2D eigenvalue weighted by atomic mass is 9.91. The third-order valence-corrected chi connectivity index (χ3v) is 3.81. The van der Waals surface area contributed by atoms with Crippen LogP contribution in [0.2, 0.25) is 0 Å². The molecule has 0 aliphatic carbocycles. The molecular weight excluding hydrogens is 278 g/mol. The predicted octanol–water partition coefficient (Wildman–Crippen LogP) is 2.84. The highest BCUT2D eigenvalue weighted by Gasteiger charge is 2.39. The van der Waals surface area contributed by atoms with Crippen molar-refractivity contribution < 1.29 is 9.53 Å². The van der Waals surface area contributed by atoms with Crippen LogP contribution in [0.5, 0.6) is 5.75 Å². The standard InChI is InChI=1S/C17H13N3O2/c21-16-13-8-4-5-9-14(13)22-17(12-6-2-1-3-7-12)15(16)20-11-18-10-19-20/h1-11,15,17H/t15-,17+/m1/s1. The van der Waals surface area contributed by atoms with Crippen molar-refractivity contribution in [2.45, 2.75) is 12.1 Å². The van der Waals surface area contributed by atoms with E-state index in [0.717, 1.165) is 5.56 Å². The molecular formula is C17H13N3O2. The summed E-state index contributed by atoms with van der Waals surface area (Å²) in [6.45, 7) is 0. The minimum atomic E-state index is -0.556. The zero-order valence-electron chi connectivity index (χ0n) is 11.7. The Bertz CT molecular complexity index is 800. The largest absolute Gasteiger partial charge is 0.482 e. The van der Waals surface area contributed by atoms with Gasteiger partial charge in [0.15, 0.2) is 17.9 Å². The summed E-state index contributed by atoms with van der Waals surface area (Å²) >= 11 is 0. The van der Waals surface area contributed by atoms with E-state index in [1.54, 1.807) is 17.1 Å². The molecule has 3 aromatic rings. The topological polar surface area (TPSA) is 57.0 Å². The van der Waals surface area contributed by atoms with Crippen molar-refractivity contribution >= 4 is 5.78 Å². The second kappa shape index (κ2) is 5.11. The molecule has 22 heavy (non-hydrogen) atoms. The number of hydrogen-bond donors (Lipinski definition) is 0. The van der Waals surface area contributed by atoms with E-state index in [1.807, 2.05) is 48.5 Å². The molecule has 1 aliphatic rings. The van der Waals surface area contributed by atoms with Gasteiger partial charge >= 0.3 is 0 Å².